The van der Waals surface area contributed by atoms with Crippen LogP contribution in [0.4, 0.5) is 4.39 Å². The van der Waals surface area contributed by atoms with Crippen LogP contribution in [-0.2, 0) is 4.74 Å². The van der Waals surface area contributed by atoms with E-state index in [2.05, 4.69) is 5.32 Å². The predicted octanol–water partition coefficient (Wildman–Crippen LogP) is 2.92. The first-order valence-electron chi connectivity index (χ1n) is 5.29. The average Bonchev–Trinajstić information content (AvgIpc) is 2.15. The van der Waals surface area contributed by atoms with E-state index in [4.69, 9.17) is 16.3 Å². The summed E-state index contributed by atoms with van der Waals surface area (Å²) >= 11 is 6.02. The lowest BCUT2D eigenvalue weighted by molar-refractivity contribution is 0.0119. The maximum Gasteiger partial charge on any atom is 0.129 e. The maximum atomic E-state index is 13.7. The maximum absolute atomic E-state index is 13.7. The molecule has 1 aromatic carbocycles. The standard InChI is InChI=1S/C12H15ClFNO/c1-12(2)7-16-6-10(15-12)11-8(13)4-3-5-9(11)14/h3-5,10,15H,6-7H2,1-2H3. The minimum atomic E-state index is -0.286. The molecule has 1 heterocycles. The zero-order valence-electron chi connectivity index (χ0n) is 9.39. The van der Waals surface area contributed by atoms with Crippen molar-refractivity contribution >= 4 is 11.6 Å². The largest absolute Gasteiger partial charge is 0.378 e. The molecule has 1 unspecified atom stereocenters. The third-order valence-corrected chi connectivity index (χ3v) is 2.99. The van der Waals surface area contributed by atoms with Crippen LogP contribution in [0.1, 0.15) is 25.5 Å². The molecule has 16 heavy (non-hydrogen) atoms. The van der Waals surface area contributed by atoms with Gasteiger partial charge in [0.2, 0.25) is 0 Å². The van der Waals surface area contributed by atoms with Crippen molar-refractivity contribution < 1.29 is 9.13 Å². The monoisotopic (exact) mass is 243 g/mol. The number of halogens is 2. The van der Waals surface area contributed by atoms with Gasteiger partial charge in [0.1, 0.15) is 5.82 Å². The first kappa shape index (κ1) is 11.8. The molecule has 0 radical (unpaired) electrons. The van der Waals surface area contributed by atoms with E-state index in [-0.39, 0.29) is 17.4 Å². The fraction of sp³-hybridized carbons (Fsp3) is 0.500. The van der Waals surface area contributed by atoms with Gasteiger partial charge < -0.3 is 10.1 Å². The Morgan fingerprint density at radius 1 is 1.50 bits per heavy atom. The quantitative estimate of drug-likeness (QED) is 0.819. The van der Waals surface area contributed by atoms with Crippen LogP contribution in [0.2, 0.25) is 5.02 Å². The van der Waals surface area contributed by atoms with Crippen molar-refractivity contribution in [3.8, 4) is 0 Å². The van der Waals surface area contributed by atoms with Crippen LogP contribution in [0.25, 0.3) is 0 Å². The van der Waals surface area contributed by atoms with Crippen LogP contribution in [0.15, 0.2) is 18.2 Å². The first-order valence-corrected chi connectivity index (χ1v) is 5.67. The van der Waals surface area contributed by atoms with Crippen LogP contribution in [0.5, 0.6) is 0 Å². The van der Waals surface area contributed by atoms with Gasteiger partial charge in [-0.1, -0.05) is 17.7 Å². The van der Waals surface area contributed by atoms with Crippen molar-refractivity contribution in [1.29, 1.82) is 0 Å². The van der Waals surface area contributed by atoms with Gasteiger partial charge in [0, 0.05) is 16.1 Å². The fourth-order valence-corrected chi connectivity index (χ4v) is 2.28. The lowest BCUT2D eigenvalue weighted by Gasteiger charge is -2.37. The summed E-state index contributed by atoms with van der Waals surface area (Å²) < 4.78 is 19.2. The Morgan fingerprint density at radius 3 is 2.88 bits per heavy atom. The number of nitrogens with one attached hydrogen (secondary N) is 1. The van der Waals surface area contributed by atoms with Crippen molar-refractivity contribution in [3.63, 3.8) is 0 Å². The normalized spacial score (nSPS) is 24.4. The van der Waals surface area contributed by atoms with E-state index in [1.807, 2.05) is 13.8 Å². The summed E-state index contributed by atoms with van der Waals surface area (Å²) in [7, 11) is 0. The Labute approximate surface area is 99.7 Å². The average molecular weight is 244 g/mol. The summed E-state index contributed by atoms with van der Waals surface area (Å²) in [5.41, 5.74) is 0.339. The van der Waals surface area contributed by atoms with Gasteiger partial charge in [0.15, 0.2) is 0 Å². The van der Waals surface area contributed by atoms with Crippen molar-refractivity contribution in [2.75, 3.05) is 13.2 Å². The molecule has 1 aliphatic heterocycles. The molecule has 1 aliphatic rings. The second-order valence-corrected chi connectivity index (χ2v) is 5.14. The highest BCUT2D eigenvalue weighted by Gasteiger charge is 2.31. The molecule has 2 nitrogen and oxygen atoms in total. The molecule has 1 saturated heterocycles. The summed E-state index contributed by atoms with van der Waals surface area (Å²) in [5, 5.41) is 3.78. The topological polar surface area (TPSA) is 21.3 Å². The van der Waals surface area contributed by atoms with Crippen LogP contribution in [-0.4, -0.2) is 18.8 Å². The molecule has 1 fully saturated rings. The van der Waals surface area contributed by atoms with Crippen LogP contribution < -0.4 is 5.32 Å². The SMILES string of the molecule is CC1(C)COCC(c2c(F)cccc2Cl)N1. The summed E-state index contributed by atoms with van der Waals surface area (Å²) in [6, 6.07) is 4.54. The molecule has 1 atom stereocenters. The number of hydrogen-bond donors (Lipinski definition) is 1. The minimum absolute atomic E-state index is 0.158. The molecule has 1 aromatic rings. The molecule has 0 saturated carbocycles. The summed E-state index contributed by atoms with van der Waals surface area (Å²) in [6.45, 7) is 5.11. The van der Waals surface area contributed by atoms with Crippen LogP contribution in [0, 0.1) is 5.82 Å². The molecule has 0 aromatic heterocycles. The lowest BCUT2D eigenvalue weighted by Crippen LogP contribution is -2.51. The summed E-state index contributed by atoms with van der Waals surface area (Å²) in [4.78, 5) is 0. The van der Waals surface area contributed by atoms with Crippen molar-refractivity contribution in [3.05, 3.63) is 34.6 Å². The van der Waals surface area contributed by atoms with E-state index in [9.17, 15) is 4.39 Å². The zero-order valence-corrected chi connectivity index (χ0v) is 10.1. The Morgan fingerprint density at radius 2 is 2.25 bits per heavy atom. The fourth-order valence-electron chi connectivity index (χ4n) is 1.99. The third-order valence-electron chi connectivity index (χ3n) is 2.66. The van der Waals surface area contributed by atoms with Gasteiger partial charge in [-0.15, -0.1) is 0 Å². The Balaban J connectivity index is 2.30. The molecule has 1 N–H and O–H groups in total. The van der Waals surface area contributed by atoms with E-state index >= 15 is 0 Å². The molecule has 4 heteroatoms. The van der Waals surface area contributed by atoms with Crippen molar-refractivity contribution in [2.45, 2.75) is 25.4 Å². The minimum Gasteiger partial charge on any atom is -0.378 e. The van der Waals surface area contributed by atoms with Gasteiger partial charge in [-0.05, 0) is 26.0 Å². The number of benzene rings is 1. The predicted molar refractivity (Wildman–Crippen MR) is 62.2 cm³/mol. The number of ether oxygens (including phenoxy) is 1. The van der Waals surface area contributed by atoms with Gasteiger partial charge in [-0.3, -0.25) is 0 Å². The van der Waals surface area contributed by atoms with E-state index in [1.54, 1.807) is 12.1 Å². The van der Waals surface area contributed by atoms with Gasteiger partial charge in [-0.25, -0.2) is 4.39 Å². The molecule has 88 valence electrons. The zero-order chi connectivity index (χ0) is 11.8. The van der Waals surface area contributed by atoms with E-state index in [0.29, 0.717) is 23.8 Å². The second kappa shape index (κ2) is 4.32. The molecule has 2 rings (SSSR count). The Hall–Kier alpha value is -0.640. The lowest BCUT2D eigenvalue weighted by atomic mass is 9.98. The number of morpholine rings is 1. The molecule has 0 aliphatic carbocycles. The van der Waals surface area contributed by atoms with Crippen LogP contribution >= 0.6 is 11.6 Å². The molecule has 0 spiro atoms. The number of hydrogen-bond acceptors (Lipinski definition) is 2. The van der Waals surface area contributed by atoms with E-state index in [0.717, 1.165) is 0 Å². The van der Waals surface area contributed by atoms with Crippen LogP contribution in [0.3, 0.4) is 0 Å². The highest BCUT2D eigenvalue weighted by molar-refractivity contribution is 6.31. The molecule has 0 bridgehead atoms. The van der Waals surface area contributed by atoms with E-state index < -0.39 is 0 Å². The highest BCUT2D eigenvalue weighted by Crippen LogP contribution is 2.29. The Kier molecular flexibility index (Phi) is 3.19. The number of rotatable bonds is 1. The van der Waals surface area contributed by atoms with Crippen molar-refractivity contribution in [2.24, 2.45) is 0 Å². The van der Waals surface area contributed by atoms with Gasteiger partial charge in [0.25, 0.3) is 0 Å². The van der Waals surface area contributed by atoms with Gasteiger partial charge in [-0.2, -0.15) is 0 Å². The summed E-state index contributed by atoms with van der Waals surface area (Å²) in [6.07, 6.45) is 0. The Bertz CT molecular complexity index is 374. The third kappa shape index (κ3) is 2.37. The van der Waals surface area contributed by atoms with Crippen molar-refractivity contribution in [1.82, 2.24) is 5.32 Å². The molecular formula is C12H15ClFNO. The van der Waals surface area contributed by atoms with E-state index in [1.165, 1.54) is 6.07 Å². The van der Waals surface area contributed by atoms with Gasteiger partial charge in [0.05, 0.1) is 19.3 Å². The highest BCUT2D eigenvalue weighted by atomic mass is 35.5. The molecular weight excluding hydrogens is 229 g/mol. The first-order chi connectivity index (χ1) is 7.49. The summed E-state index contributed by atoms with van der Waals surface area (Å²) in [5.74, 6) is -0.286. The smallest absolute Gasteiger partial charge is 0.129 e. The molecule has 0 amide bonds. The second-order valence-electron chi connectivity index (χ2n) is 4.73. The van der Waals surface area contributed by atoms with Gasteiger partial charge >= 0.3 is 0 Å².